The van der Waals surface area contributed by atoms with Gasteiger partial charge in [-0.15, -0.1) is 0 Å². The molecule has 0 aromatic heterocycles. The summed E-state index contributed by atoms with van der Waals surface area (Å²) < 4.78 is 13.4. The van der Waals surface area contributed by atoms with Crippen molar-refractivity contribution in [1.29, 1.82) is 0 Å². The van der Waals surface area contributed by atoms with Crippen LogP contribution >= 0.6 is 23.4 Å². The second kappa shape index (κ2) is 7.15. The molecular formula is C12H16ClFOS. The van der Waals surface area contributed by atoms with Gasteiger partial charge in [0, 0.05) is 17.0 Å². The summed E-state index contributed by atoms with van der Waals surface area (Å²) in [6.07, 6.45) is 3.43. The number of aliphatic hydroxyl groups excluding tert-OH is 1. The largest absolute Gasteiger partial charge is 0.393 e. The molecule has 16 heavy (non-hydrogen) atoms. The van der Waals surface area contributed by atoms with Crippen LogP contribution in [0, 0.1) is 5.82 Å². The summed E-state index contributed by atoms with van der Waals surface area (Å²) in [6.45, 7) is 0. The lowest BCUT2D eigenvalue weighted by molar-refractivity contribution is 0.163. The van der Waals surface area contributed by atoms with Crippen LogP contribution in [0.15, 0.2) is 18.2 Å². The standard InChI is InChI=1S/C12H16ClFOS/c1-16-7-3-4-9(15)8-10-11(13)5-2-6-12(10)14/h2,5-6,9,15H,3-4,7-8H2,1H3. The van der Waals surface area contributed by atoms with E-state index in [9.17, 15) is 9.50 Å². The second-order valence-corrected chi connectivity index (χ2v) is 5.09. The highest BCUT2D eigenvalue weighted by Crippen LogP contribution is 2.21. The zero-order chi connectivity index (χ0) is 12.0. The number of hydrogen-bond acceptors (Lipinski definition) is 2. The topological polar surface area (TPSA) is 20.2 Å². The van der Waals surface area contributed by atoms with Crippen molar-refractivity contribution in [3.8, 4) is 0 Å². The second-order valence-electron chi connectivity index (χ2n) is 3.69. The van der Waals surface area contributed by atoms with Gasteiger partial charge in [-0.3, -0.25) is 0 Å². The van der Waals surface area contributed by atoms with Gasteiger partial charge in [0.2, 0.25) is 0 Å². The van der Waals surface area contributed by atoms with Crippen molar-refractivity contribution < 1.29 is 9.50 Å². The van der Waals surface area contributed by atoms with E-state index in [1.807, 2.05) is 6.26 Å². The smallest absolute Gasteiger partial charge is 0.127 e. The number of thioether (sulfide) groups is 1. The molecule has 0 heterocycles. The molecule has 1 aromatic rings. The van der Waals surface area contributed by atoms with Crippen LogP contribution in [0.1, 0.15) is 18.4 Å². The first-order valence-electron chi connectivity index (χ1n) is 5.25. The van der Waals surface area contributed by atoms with Crippen LogP contribution in [0.4, 0.5) is 4.39 Å². The van der Waals surface area contributed by atoms with Gasteiger partial charge in [0.25, 0.3) is 0 Å². The molecule has 90 valence electrons. The fourth-order valence-corrected chi connectivity index (χ4v) is 2.22. The Morgan fingerprint density at radius 2 is 2.25 bits per heavy atom. The van der Waals surface area contributed by atoms with E-state index in [0.717, 1.165) is 12.2 Å². The molecule has 0 aliphatic rings. The number of aliphatic hydroxyl groups is 1. The monoisotopic (exact) mass is 262 g/mol. The first-order chi connectivity index (χ1) is 7.65. The first kappa shape index (κ1) is 13.8. The molecule has 0 spiro atoms. The molecule has 4 heteroatoms. The fourth-order valence-electron chi connectivity index (χ4n) is 1.53. The normalized spacial score (nSPS) is 12.8. The predicted octanol–water partition coefficient (Wildman–Crippen LogP) is 3.53. The Morgan fingerprint density at radius 3 is 2.88 bits per heavy atom. The Labute approximate surface area is 105 Å². The van der Waals surface area contributed by atoms with Crippen LogP contribution in [0.25, 0.3) is 0 Å². The average molecular weight is 263 g/mol. The number of hydrogen-bond donors (Lipinski definition) is 1. The van der Waals surface area contributed by atoms with Gasteiger partial charge in [-0.25, -0.2) is 4.39 Å². The van der Waals surface area contributed by atoms with Crippen LogP contribution < -0.4 is 0 Å². The maximum Gasteiger partial charge on any atom is 0.127 e. The first-order valence-corrected chi connectivity index (χ1v) is 7.02. The quantitative estimate of drug-likeness (QED) is 0.792. The minimum absolute atomic E-state index is 0.292. The van der Waals surface area contributed by atoms with Gasteiger partial charge in [0.1, 0.15) is 5.82 Å². The van der Waals surface area contributed by atoms with Gasteiger partial charge >= 0.3 is 0 Å². The van der Waals surface area contributed by atoms with E-state index in [4.69, 9.17) is 11.6 Å². The molecule has 1 unspecified atom stereocenters. The molecule has 1 atom stereocenters. The van der Waals surface area contributed by atoms with Gasteiger partial charge in [-0.05, 0) is 37.0 Å². The summed E-state index contributed by atoms with van der Waals surface area (Å²) in [5.74, 6) is 0.679. The zero-order valence-corrected chi connectivity index (χ0v) is 10.8. The summed E-state index contributed by atoms with van der Waals surface area (Å²) in [4.78, 5) is 0. The average Bonchev–Trinajstić information content (AvgIpc) is 2.24. The molecule has 1 aromatic carbocycles. The van der Waals surface area contributed by atoms with Crippen molar-refractivity contribution in [2.24, 2.45) is 0 Å². The Balaban J connectivity index is 2.52. The molecule has 0 radical (unpaired) electrons. The van der Waals surface area contributed by atoms with E-state index in [-0.39, 0.29) is 5.82 Å². The molecule has 0 amide bonds. The van der Waals surface area contributed by atoms with Crippen LogP contribution in [0.2, 0.25) is 5.02 Å². The minimum atomic E-state index is -0.512. The summed E-state index contributed by atoms with van der Waals surface area (Å²) in [7, 11) is 0. The Morgan fingerprint density at radius 1 is 1.50 bits per heavy atom. The third kappa shape index (κ3) is 4.32. The molecule has 1 nitrogen and oxygen atoms in total. The summed E-state index contributed by atoms with van der Waals surface area (Å²) in [5, 5.41) is 10.1. The summed E-state index contributed by atoms with van der Waals surface area (Å²) >= 11 is 7.62. The Bertz CT molecular complexity index is 313. The molecule has 0 aliphatic carbocycles. The highest BCUT2D eigenvalue weighted by molar-refractivity contribution is 7.98. The highest BCUT2D eigenvalue weighted by Gasteiger charge is 2.12. The van der Waals surface area contributed by atoms with Gasteiger partial charge in [-0.1, -0.05) is 17.7 Å². The van der Waals surface area contributed by atoms with Gasteiger partial charge in [0.05, 0.1) is 6.10 Å². The van der Waals surface area contributed by atoms with Crippen molar-refractivity contribution >= 4 is 23.4 Å². The maximum absolute atomic E-state index is 13.4. The van der Waals surface area contributed by atoms with E-state index < -0.39 is 6.10 Å². The SMILES string of the molecule is CSCCCC(O)Cc1c(F)cccc1Cl. The Hall–Kier alpha value is -0.250. The van der Waals surface area contributed by atoms with E-state index in [2.05, 4.69) is 0 Å². The van der Waals surface area contributed by atoms with Crippen molar-refractivity contribution in [3.63, 3.8) is 0 Å². The van der Waals surface area contributed by atoms with Crippen molar-refractivity contribution in [2.75, 3.05) is 12.0 Å². The molecule has 1 N–H and O–H groups in total. The molecular weight excluding hydrogens is 247 g/mol. The molecule has 0 bridgehead atoms. The van der Waals surface area contributed by atoms with Gasteiger partial charge in [0.15, 0.2) is 0 Å². The van der Waals surface area contributed by atoms with Crippen molar-refractivity contribution in [1.82, 2.24) is 0 Å². The van der Waals surface area contributed by atoms with Crippen molar-refractivity contribution in [2.45, 2.75) is 25.4 Å². The van der Waals surface area contributed by atoms with Crippen LogP contribution in [-0.4, -0.2) is 23.2 Å². The summed E-state index contributed by atoms with van der Waals surface area (Å²) in [6, 6.07) is 4.59. The molecule has 0 fully saturated rings. The molecule has 0 aliphatic heterocycles. The highest BCUT2D eigenvalue weighted by atomic mass is 35.5. The van der Waals surface area contributed by atoms with Gasteiger partial charge < -0.3 is 5.11 Å². The van der Waals surface area contributed by atoms with Crippen LogP contribution in [0.3, 0.4) is 0 Å². The fraction of sp³-hybridized carbons (Fsp3) is 0.500. The molecule has 0 saturated carbocycles. The van der Waals surface area contributed by atoms with E-state index in [1.54, 1.807) is 23.9 Å². The van der Waals surface area contributed by atoms with Gasteiger partial charge in [-0.2, -0.15) is 11.8 Å². The zero-order valence-electron chi connectivity index (χ0n) is 9.25. The number of benzene rings is 1. The lowest BCUT2D eigenvalue weighted by atomic mass is 10.0. The molecule has 1 rings (SSSR count). The lowest BCUT2D eigenvalue weighted by Crippen LogP contribution is -2.12. The molecule has 0 saturated heterocycles. The minimum Gasteiger partial charge on any atom is -0.393 e. The predicted molar refractivity (Wildman–Crippen MR) is 68.7 cm³/mol. The summed E-state index contributed by atoms with van der Waals surface area (Å²) in [5.41, 5.74) is 0.417. The van der Waals surface area contributed by atoms with E-state index >= 15 is 0 Å². The Kier molecular flexibility index (Phi) is 6.17. The van der Waals surface area contributed by atoms with Crippen LogP contribution in [0.5, 0.6) is 0 Å². The van der Waals surface area contributed by atoms with E-state index in [0.29, 0.717) is 23.4 Å². The van der Waals surface area contributed by atoms with Crippen molar-refractivity contribution in [3.05, 3.63) is 34.6 Å². The number of halogens is 2. The maximum atomic E-state index is 13.4. The lowest BCUT2D eigenvalue weighted by Gasteiger charge is -2.12. The van der Waals surface area contributed by atoms with Crippen LogP contribution in [-0.2, 0) is 6.42 Å². The third-order valence-corrected chi connectivity index (χ3v) is 3.44. The third-order valence-electron chi connectivity index (χ3n) is 2.39. The van der Waals surface area contributed by atoms with E-state index in [1.165, 1.54) is 6.07 Å². The number of rotatable bonds is 6.